The van der Waals surface area contributed by atoms with Crippen LogP contribution in [0, 0.1) is 0 Å². The molecule has 0 saturated heterocycles. The lowest BCUT2D eigenvalue weighted by Crippen LogP contribution is -1.84. The van der Waals surface area contributed by atoms with Gasteiger partial charge in [-0.05, 0) is 43.4 Å². The number of aromatic amines is 1. The summed E-state index contributed by atoms with van der Waals surface area (Å²) in [6.07, 6.45) is 65.9. The van der Waals surface area contributed by atoms with E-state index >= 15 is 0 Å². The maximum Gasteiger partial charge on any atom is 0.0450 e. The van der Waals surface area contributed by atoms with E-state index in [2.05, 4.69) is 55.4 Å². The molecule has 0 aliphatic heterocycles. The maximum atomic E-state index is 3.44. The second-order valence-corrected chi connectivity index (χ2v) is 15.7. The van der Waals surface area contributed by atoms with Gasteiger partial charge < -0.3 is 4.98 Å². The third-order valence-electron chi connectivity index (χ3n) is 10.8. The van der Waals surface area contributed by atoms with Crippen LogP contribution in [0.5, 0.6) is 0 Å². The van der Waals surface area contributed by atoms with Crippen LogP contribution in [0.4, 0.5) is 0 Å². The molecule has 286 valence electrons. The van der Waals surface area contributed by atoms with Crippen LogP contribution >= 0.6 is 0 Å². The van der Waals surface area contributed by atoms with Gasteiger partial charge in [0.2, 0.25) is 0 Å². The van der Waals surface area contributed by atoms with E-state index < -0.39 is 0 Å². The lowest BCUT2D eigenvalue weighted by Gasteiger charge is -2.03. The molecule has 1 rings (SSSR count). The molecule has 0 unspecified atom stereocenters. The summed E-state index contributed by atoms with van der Waals surface area (Å²) in [6.45, 7) is 4.61. The first-order valence-electron chi connectivity index (χ1n) is 22.9. The quantitative estimate of drug-likeness (QED) is 0.0665. The molecule has 0 aromatic carbocycles. The van der Waals surface area contributed by atoms with Crippen LogP contribution in [0.3, 0.4) is 0 Å². The van der Waals surface area contributed by atoms with Crippen LogP contribution < -0.4 is 0 Å². The Labute approximate surface area is 309 Å². The van der Waals surface area contributed by atoms with E-state index in [1.807, 2.05) is 0 Å². The Morgan fingerprint density at radius 3 is 0.918 bits per heavy atom. The molecule has 0 atom stereocenters. The summed E-state index contributed by atoms with van der Waals surface area (Å²) in [5, 5.41) is 0. The largest absolute Gasteiger partial charge is 0.361 e. The molecule has 0 aliphatic rings. The van der Waals surface area contributed by atoms with Crippen molar-refractivity contribution in [2.45, 2.75) is 258 Å². The van der Waals surface area contributed by atoms with E-state index in [1.165, 1.54) is 255 Å². The van der Waals surface area contributed by atoms with Crippen LogP contribution in [0.1, 0.15) is 269 Å². The number of allylic oxidation sites excluding steroid dienone is 2. The highest BCUT2D eigenvalue weighted by Crippen LogP contribution is 2.18. The Balaban J connectivity index is 1.85. The first kappa shape index (κ1) is 45.8. The number of hydrogen-bond acceptors (Lipinski definition) is 0. The third kappa shape index (κ3) is 33.7. The van der Waals surface area contributed by atoms with Crippen LogP contribution in [0.25, 0.3) is 12.2 Å². The maximum absolute atomic E-state index is 3.44. The van der Waals surface area contributed by atoms with Crippen LogP contribution in [0.2, 0.25) is 0 Å². The van der Waals surface area contributed by atoms with E-state index in [0.29, 0.717) is 0 Å². The van der Waals surface area contributed by atoms with Gasteiger partial charge in [0.1, 0.15) is 0 Å². The molecule has 0 aliphatic carbocycles. The van der Waals surface area contributed by atoms with Gasteiger partial charge in [0.25, 0.3) is 0 Å². The van der Waals surface area contributed by atoms with Crippen LogP contribution in [-0.2, 0) is 0 Å². The predicted octanol–water partition coefficient (Wildman–Crippen LogP) is 17.9. The number of hydrogen-bond donors (Lipinski definition) is 1. The highest BCUT2D eigenvalue weighted by atomic mass is 14.7. The number of H-pyrrole nitrogens is 1. The molecule has 1 heterocycles. The lowest BCUT2D eigenvalue weighted by atomic mass is 10.0. The van der Waals surface area contributed by atoms with E-state index in [4.69, 9.17) is 0 Å². The molecule has 0 fully saturated rings. The van der Waals surface area contributed by atoms with Crippen molar-refractivity contribution in [2.75, 3.05) is 0 Å². The molecule has 0 radical (unpaired) electrons. The summed E-state index contributed by atoms with van der Waals surface area (Å²) < 4.78 is 0. The summed E-state index contributed by atoms with van der Waals surface area (Å²) >= 11 is 0. The Kier molecular flexibility index (Phi) is 36.9. The zero-order valence-electron chi connectivity index (χ0n) is 33.8. The summed E-state index contributed by atoms with van der Waals surface area (Å²) in [4.78, 5) is 3.44. The van der Waals surface area contributed by atoms with E-state index in [-0.39, 0.29) is 0 Å². The first-order valence-corrected chi connectivity index (χ1v) is 22.9. The molecule has 1 nitrogen and oxygen atoms in total. The Morgan fingerprint density at radius 2 is 0.612 bits per heavy atom. The molecular formula is C48H89N. The minimum absolute atomic E-state index is 1.21. The van der Waals surface area contributed by atoms with Crippen molar-refractivity contribution < 1.29 is 0 Å². The van der Waals surface area contributed by atoms with Gasteiger partial charge in [0, 0.05) is 11.9 Å². The normalized spacial score (nSPS) is 12.0. The highest BCUT2D eigenvalue weighted by Gasteiger charge is 1.99. The zero-order valence-corrected chi connectivity index (χ0v) is 33.8. The monoisotopic (exact) mass is 680 g/mol. The number of unbranched alkanes of at least 4 members (excludes halogenated alkanes) is 36. The molecule has 1 aromatic heterocycles. The molecule has 0 spiro atoms. The molecule has 0 saturated carbocycles. The second-order valence-electron chi connectivity index (χ2n) is 15.7. The van der Waals surface area contributed by atoms with Gasteiger partial charge in [0.05, 0.1) is 0 Å². The van der Waals surface area contributed by atoms with Crippen molar-refractivity contribution in [3.05, 3.63) is 35.7 Å². The molecule has 1 heteroatoms. The Bertz CT molecular complexity index is 735. The van der Waals surface area contributed by atoms with Crippen molar-refractivity contribution in [1.82, 2.24) is 4.98 Å². The van der Waals surface area contributed by atoms with E-state index in [0.717, 1.165) is 0 Å². The van der Waals surface area contributed by atoms with Gasteiger partial charge in [-0.3, -0.25) is 0 Å². The number of aromatic nitrogens is 1. The number of rotatable bonds is 40. The van der Waals surface area contributed by atoms with Crippen molar-refractivity contribution in [2.24, 2.45) is 0 Å². The average molecular weight is 680 g/mol. The Morgan fingerprint density at radius 1 is 0.347 bits per heavy atom. The summed E-state index contributed by atoms with van der Waals surface area (Å²) in [6, 6.07) is 2.22. The smallest absolute Gasteiger partial charge is 0.0450 e. The van der Waals surface area contributed by atoms with Crippen molar-refractivity contribution >= 4 is 12.2 Å². The Hall–Kier alpha value is -1.24. The predicted molar refractivity (Wildman–Crippen MR) is 226 cm³/mol. The van der Waals surface area contributed by atoms with Crippen LogP contribution in [-0.4, -0.2) is 4.98 Å². The molecule has 49 heavy (non-hydrogen) atoms. The summed E-state index contributed by atoms with van der Waals surface area (Å²) in [5.41, 5.74) is 2.62. The van der Waals surface area contributed by atoms with Gasteiger partial charge in [-0.25, -0.2) is 0 Å². The standard InChI is InChI=1S/C48H89N/c1-3-5-7-9-11-13-15-17-19-21-23-25-27-29-31-33-35-37-39-41-43-47-45-46-49-48(47)44-42-40-38-36-34-32-30-28-26-24-22-20-18-16-14-12-10-8-6-4-2/h41-46,49H,3-40H2,1-2H3/b43-41+,44-42+. The molecule has 0 bridgehead atoms. The molecule has 0 amide bonds. The van der Waals surface area contributed by atoms with Gasteiger partial charge >= 0.3 is 0 Å². The highest BCUT2D eigenvalue weighted by molar-refractivity contribution is 5.62. The molecular weight excluding hydrogens is 591 g/mol. The topological polar surface area (TPSA) is 15.8 Å². The fraction of sp³-hybridized carbons (Fsp3) is 0.833. The minimum Gasteiger partial charge on any atom is -0.361 e. The summed E-state index contributed by atoms with van der Waals surface area (Å²) in [7, 11) is 0. The first-order chi connectivity index (χ1) is 24.4. The van der Waals surface area contributed by atoms with E-state index in [9.17, 15) is 0 Å². The molecule has 1 N–H and O–H groups in total. The van der Waals surface area contributed by atoms with Gasteiger partial charge in [0.15, 0.2) is 0 Å². The average Bonchev–Trinajstić information content (AvgIpc) is 3.57. The van der Waals surface area contributed by atoms with Crippen molar-refractivity contribution in [3.8, 4) is 0 Å². The van der Waals surface area contributed by atoms with E-state index in [1.54, 1.807) is 0 Å². The van der Waals surface area contributed by atoms with Crippen molar-refractivity contribution in [1.29, 1.82) is 0 Å². The fourth-order valence-corrected chi connectivity index (χ4v) is 7.42. The second kappa shape index (κ2) is 39.5. The summed E-state index contributed by atoms with van der Waals surface area (Å²) in [5.74, 6) is 0. The fourth-order valence-electron chi connectivity index (χ4n) is 7.42. The van der Waals surface area contributed by atoms with Gasteiger partial charge in [-0.1, -0.05) is 250 Å². The van der Waals surface area contributed by atoms with Gasteiger partial charge in [-0.15, -0.1) is 0 Å². The zero-order chi connectivity index (χ0) is 35.0. The van der Waals surface area contributed by atoms with Crippen molar-refractivity contribution in [3.63, 3.8) is 0 Å². The van der Waals surface area contributed by atoms with Crippen LogP contribution in [0.15, 0.2) is 24.4 Å². The van der Waals surface area contributed by atoms with Gasteiger partial charge in [-0.2, -0.15) is 0 Å². The SMILES string of the molecule is CCCCCCCCCCCCCCCCCCCC/C=C/c1cc[nH]c1/C=C/CCCCCCCCCCCCCCCCCCCC. The third-order valence-corrected chi connectivity index (χ3v) is 10.8. The lowest BCUT2D eigenvalue weighted by molar-refractivity contribution is 0.525. The minimum atomic E-state index is 1.21. The molecule has 1 aromatic rings. The number of nitrogens with one attached hydrogen (secondary N) is 1.